The fraction of sp³-hybridized carbons (Fsp3) is 0.364. The Balaban J connectivity index is 1.70. The van der Waals surface area contributed by atoms with E-state index in [1.165, 1.54) is 29.1 Å². The lowest BCUT2D eigenvalue weighted by molar-refractivity contribution is -0.137. The molecule has 6 nitrogen and oxygen atoms in total. The Bertz CT molecular complexity index is 1200. The van der Waals surface area contributed by atoms with Gasteiger partial charge in [-0.1, -0.05) is 19.1 Å². The molecule has 0 saturated heterocycles. The summed E-state index contributed by atoms with van der Waals surface area (Å²) in [6.07, 6.45) is 0.569. The number of carbonyl (C=O) groups is 1. The van der Waals surface area contributed by atoms with E-state index in [-0.39, 0.29) is 12.1 Å². The second-order valence-corrected chi connectivity index (χ2v) is 7.59. The number of nitrogens with one attached hydrogen (secondary N) is 1. The number of carbonyl (C=O) groups excluding carboxylic acids is 1. The van der Waals surface area contributed by atoms with Crippen LogP contribution >= 0.6 is 0 Å². The summed E-state index contributed by atoms with van der Waals surface area (Å²) in [7, 11) is 0. The summed E-state index contributed by atoms with van der Waals surface area (Å²) in [6.45, 7) is 1.68. The Labute approximate surface area is 176 Å². The van der Waals surface area contributed by atoms with E-state index in [4.69, 9.17) is 0 Å². The summed E-state index contributed by atoms with van der Waals surface area (Å²) in [6, 6.07) is 5.51. The third-order valence-corrected chi connectivity index (χ3v) is 5.57. The van der Waals surface area contributed by atoms with Crippen LogP contribution in [0.4, 0.5) is 18.9 Å². The van der Waals surface area contributed by atoms with Crippen LogP contribution in [0, 0.1) is 0 Å². The number of aromatic nitrogens is 3. The molecule has 0 bridgehead atoms. The van der Waals surface area contributed by atoms with Crippen LogP contribution in [0.25, 0.3) is 11.0 Å². The van der Waals surface area contributed by atoms with Crippen molar-refractivity contribution in [3.05, 3.63) is 63.8 Å². The zero-order chi connectivity index (χ0) is 22.2. The number of nitrogens with zero attached hydrogens (tertiary/aromatic N) is 3. The van der Waals surface area contributed by atoms with Crippen molar-refractivity contribution in [3.8, 4) is 0 Å². The number of aryl methyl sites for hydroxylation is 2. The van der Waals surface area contributed by atoms with Gasteiger partial charge >= 0.3 is 6.18 Å². The largest absolute Gasteiger partial charge is 0.418 e. The maximum atomic E-state index is 13.3. The normalized spacial score (nSPS) is 14.8. The van der Waals surface area contributed by atoms with E-state index in [0.717, 1.165) is 43.0 Å². The molecule has 0 saturated carbocycles. The lowest BCUT2D eigenvalue weighted by Crippen LogP contribution is -2.34. The number of amides is 1. The highest BCUT2D eigenvalue weighted by Gasteiger charge is 2.34. The smallest absolute Gasteiger partial charge is 0.324 e. The Morgan fingerprint density at radius 3 is 2.71 bits per heavy atom. The minimum Gasteiger partial charge on any atom is -0.324 e. The van der Waals surface area contributed by atoms with E-state index in [9.17, 15) is 22.8 Å². The van der Waals surface area contributed by atoms with Crippen LogP contribution in [0.3, 0.4) is 0 Å². The third-order valence-electron chi connectivity index (χ3n) is 5.57. The molecule has 0 radical (unpaired) electrons. The Hall–Kier alpha value is -3.23. The van der Waals surface area contributed by atoms with Gasteiger partial charge in [0.1, 0.15) is 12.4 Å². The van der Waals surface area contributed by atoms with Gasteiger partial charge in [0, 0.05) is 5.69 Å². The highest BCUT2D eigenvalue weighted by molar-refractivity contribution is 5.94. The van der Waals surface area contributed by atoms with Gasteiger partial charge in [0.05, 0.1) is 16.6 Å². The van der Waals surface area contributed by atoms with Crippen molar-refractivity contribution in [1.82, 2.24) is 14.5 Å². The van der Waals surface area contributed by atoms with Crippen LogP contribution in [-0.4, -0.2) is 20.4 Å². The molecule has 1 aromatic carbocycles. The summed E-state index contributed by atoms with van der Waals surface area (Å²) in [4.78, 5) is 34.7. The number of benzene rings is 1. The SMILES string of the molecule is CC[C@@H](C(=O)Nc1ccccc1C(F)(F)F)n1cnc2nc3c(cc2c1=O)CCCC3. The molecule has 1 N–H and O–H groups in total. The van der Waals surface area contributed by atoms with E-state index < -0.39 is 29.2 Å². The van der Waals surface area contributed by atoms with Crippen LogP contribution in [0.5, 0.6) is 0 Å². The van der Waals surface area contributed by atoms with Crippen molar-refractivity contribution < 1.29 is 18.0 Å². The molecule has 1 aliphatic carbocycles. The molecule has 9 heteroatoms. The quantitative estimate of drug-likeness (QED) is 0.670. The zero-order valence-corrected chi connectivity index (χ0v) is 16.9. The van der Waals surface area contributed by atoms with E-state index in [0.29, 0.717) is 11.0 Å². The number of pyridine rings is 1. The molecule has 2 heterocycles. The van der Waals surface area contributed by atoms with Gasteiger partial charge in [-0.15, -0.1) is 0 Å². The summed E-state index contributed by atoms with van der Waals surface area (Å²) >= 11 is 0. The Kier molecular flexibility index (Phi) is 5.51. The number of rotatable bonds is 4. The van der Waals surface area contributed by atoms with E-state index in [1.807, 2.05) is 0 Å². The van der Waals surface area contributed by atoms with Crippen molar-refractivity contribution in [2.45, 2.75) is 51.2 Å². The predicted molar refractivity (Wildman–Crippen MR) is 110 cm³/mol. The monoisotopic (exact) mass is 430 g/mol. The Morgan fingerprint density at radius 2 is 1.97 bits per heavy atom. The molecular formula is C22H21F3N4O2. The first-order valence-corrected chi connectivity index (χ1v) is 10.2. The van der Waals surface area contributed by atoms with E-state index >= 15 is 0 Å². The molecule has 1 aliphatic rings. The standard InChI is InChI=1S/C22H21F3N4O2/c1-2-18(20(30)28-17-10-6-4-8-15(17)22(23,24)25)29-12-26-19-14(21(29)31)11-13-7-3-5-9-16(13)27-19/h4,6,8,10-12,18H,2-3,5,7,9H2,1H3,(H,28,30)/t18-/m0/s1. The molecule has 0 aliphatic heterocycles. The van der Waals surface area contributed by atoms with Crippen molar-refractivity contribution >= 4 is 22.6 Å². The molecule has 0 unspecified atom stereocenters. The average molecular weight is 430 g/mol. The molecule has 31 heavy (non-hydrogen) atoms. The van der Waals surface area contributed by atoms with Gasteiger partial charge in [0.25, 0.3) is 5.56 Å². The van der Waals surface area contributed by atoms with Crippen molar-refractivity contribution in [2.24, 2.45) is 0 Å². The fourth-order valence-corrected chi connectivity index (χ4v) is 3.97. The maximum Gasteiger partial charge on any atom is 0.418 e. The fourth-order valence-electron chi connectivity index (χ4n) is 3.97. The molecule has 2 aromatic heterocycles. The van der Waals surface area contributed by atoms with Gasteiger partial charge in [-0.2, -0.15) is 13.2 Å². The minimum atomic E-state index is -4.61. The first-order chi connectivity index (χ1) is 14.8. The first-order valence-electron chi connectivity index (χ1n) is 10.2. The van der Waals surface area contributed by atoms with Gasteiger partial charge in [-0.3, -0.25) is 14.2 Å². The summed E-state index contributed by atoms with van der Waals surface area (Å²) < 4.78 is 40.9. The second-order valence-electron chi connectivity index (χ2n) is 7.59. The van der Waals surface area contributed by atoms with Gasteiger partial charge in [-0.05, 0) is 55.9 Å². The van der Waals surface area contributed by atoms with E-state index in [1.54, 1.807) is 13.0 Å². The molecule has 1 atom stereocenters. The highest BCUT2D eigenvalue weighted by atomic mass is 19.4. The molecule has 0 spiro atoms. The van der Waals surface area contributed by atoms with Crippen LogP contribution in [0.2, 0.25) is 0 Å². The molecule has 162 valence electrons. The van der Waals surface area contributed by atoms with Gasteiger partial charge in [-0.25, -0.2) is 9.97 Å². The molecular weight excluding hydrogens is 409 g/mol. The topological polar surface area (TPSA) is 76.9 Å². The van der Waals surface area contributed by atoms with Crippen LogP contribution in [0.1, 0.15) is 49.0 Å². The predicted octanol–water partition coefficient (Wildman–Crippen LogP) is 4.28. The number of fused-ring (bicyclic) bond motifs is 2. The van der Waals surface area contributed by atoms with Gasteiger partial charge in [0.15, 0.2) is 5.65 Å². The molecule has 1 amide bonds. The van der Waals surface area contributed by atoms with E-state index in [2.05, 4.69) is 15.3 Å². The molecule has 4 rings (SSSR count). The number of hydrogen-bond donors (Lipinski definition) is 1. The number of alkyl halides is 3. The molecule has 0 fully saturated rings. The van der Waals surface area contributed by atoms with Crippen molar-refractivity contribution in [3.63, 3.8) is 0 Å². The summed E-state index contributed by atoms with van der Waals surface area (Å²) in [5, 5.41) is 2.64. The van der Waals surface area contributed by atoms with Crippen molar-refractivity contribution in [1.29, 1.82) is 0 Å². The van der Waals surface area contributed by atoms with Gasteiger partial charge in [0.2, 0.25) is 5.91 Å². The highest BCUT2D eigenvalue weighted by Crippen LogP contribution is 2.35. The zero-order valence-electron chi connectivity index (χ0n) is 16.9. The minimum absolute atomic E-state index is 0.200. The van der Waals surface area contributed by atoms with Gasteiger partial charge < -0.3 is 5.32 Å². The van der Waals surface area contributed by atoms with Crippen LogP contribution < -0.4 is 10.9 Å². The number of para-hydroxylation sites is 1. The lowest BCUT2D eigenvalue weighted by atomic mass is 9.95. The lowest BCUT2D eigenvalue weighted by Gasteiger charge is -2.20. The van der Waals surface area contributed by atoms with Crippen LogP contribution in [-0.2, 0) is 23.8 Å². The maximum absolute atomic E-state index is 13.3. The number of halogens is 3. The Morgan fingerprint density at radius 1 is 1.23 bits per heavy atom. The first kappa shape index (κ1) is 21.0. The second kappa shape index (κ2) is 8.13. The van der Waals surface area contributed by atoms with Crippen molar-refractivity contribution in [2.75, 3.05) is 5.32 Å². The average Bonchev–Trinajstić information content (AvgIpc) is 2.74. The third kappa shape index (κ3) is 4.04. The summed E-state index contributed by atoms with van der Waals surface area (Å²) in [5.41, 5.74) is 0.537. The summed E-state index contributed by atoms with van der Waals surface area (Å²) in [5.74, 6) is -0.714. The molecule has 3 aromatic rings. The number of hydrogen-bond acceptors (Lipinski definition) is 4. The number of anilines is 1. The van der Waals surface area contributed by atoms with Crippen LogP contribution in [0.15, 0.2) is 41.5 Å².